The maximum Gasteiger partial charge on any atom is 0.275 e. The average molecular weight is 335 g/mol. The zero-order valence-corrected chi connectivity index (χ0v) is 12.9. The van der Waals surface area contributed by atoms with Crippen LogP contribution >= 0.6 is 15.9 Å². The van der Waals surface area contributed by atoms with Gasteiger partial charge in [-0.15, -0.1) is 0 Å². The van der Waals surface area contributed by atoms with Gasteiger partial charge in [0.05, 0.1) is 12.4 Å². The van der Waals surface area contributed by atoms with Crippen molar-refractivity contribution in [3.8, 4) is 0 Å². The first-order chi connectivity index (χ1) is 9.58. The first kappa shape index (κ1) is 14.5. The second-order valence-electron chi connectivity index (χ2n) is 4.29. The number of hydrogen-bond donors (Lipinski definition) is 2. The molecule has 0 fully saturated rings. The lowest BCUT2D eigenvalue weighted by Crippen LogP contribution is -2.14. The number of benzene rings is 1. The summed E-state index contributed by atoms with van der Waals surface area (Å²) in [5, 5.41) is 5.83. The highest BCUT2D eigenvalue weighted by molar-refractivity contribution is 9.10. The van der Waals surface area contributed by atoms with Gasteiger partial charge in [0.1, 0.15) is 11.5 Å². The van der Waals surface area contributed by atoms with Crippen molar-refractivity contribution >= 4 is 33.3 Å². The molecule has 5 nitrogen and oxygen atoms in total. The Morgan fingerprint density at radius 2 is 2.05 bits per heavy atom. The summed E-state index contributed by atoms with van der Waals surface area (Å²) < 4.78 is 0.918. The summed E-state index contributed by atoms with van der Waals surface area (Å²) in [5.74, 6) is 0.375. The summed E-state index contributed by atoms with van der Waals surface area (Å²) in [7, 11) is 0. The van der Waals surface area contributed by atoms with E-state index >= 15 is 0 Å². The second kappa shape index (κ2) is 6.47. The molecule has 0 spiro atoms. The lowest BCUT2D eigenvalue weighted by molar-refractivity contribution is 0.102. The van der Waals surface area contributed by atoms with E-state index in [1.165, 1.54) is 6.20 Å². The Morgan fingerprint density at radius 3 is 2.65 bits per heavy atom. The van der Waals surface area contributed by atoms with Crippen LogP contribution in [0.15, 0.2) is 35.1 Å². The number of amides is 1. The van der Waals surface area contributed by atoms with Crippen molar-refractivity contribution in [2.45, 2.75) is 13.8 Å². The molecule has 0 saturated heterocycles. The van der Waals surface area contributed by atoms with Crippen molar-refractivity contribution in [2.24, 2.45) is 0 Å². The number of hydrogen-bond acceptors (Lipinski definition) is 4. The van der Waals surface area contributed by atoms with E-state index in [4.69, 9.17) is 0 Å². The van der Waals surface area contributed by atoms with E-state index in [-0.39, 0.29) is 11.6 Å². The van der Waals surface area contributed by atoms with E-state index in [0.717, 1.165) is 22.3 Å². The molecule has 6 heteroatoms. The molecule has 0 radical (unpaired) electrons. The predicted molar refractivity (Wildman–Crippen MR) is 83.0 cm³/mol. The van der Waals surface area contributed by atoms with Gasteiger partial charge in [-0.25, -0.2) is 9.97 Å². The van der Waals surface area contributed by atoms with E-state index < -0.39 is 0 Å². The largest absolute Gasteiger partial charge is 0.369 e. The minimum absolute atomic E-state index is 0.280. The number of carbonyl (C=O) groups is 1. The van der Waals surface area contributed by atoms with Gasteiger partial charge in [-0.3, -0.25) is 4.79 Å². The van der Waals surface area contributed by atoms with Crippen LogP contribution in [0.4, 0.5) is 11.5 Å². The van der Waals surface area contributed by atoms with Crippen LogP contribution in [0.1, 0.15) is 23.0 Å². The highest BCUT2D eigenvalue weighted by Gasteiger charge is 2.09. The molecule has 2 rings (SSSR count). The molecular weight excluding hydrogens is 320 g/mol. The summed E-state index contributed by atoms with van der Waals surface area (Å²) in [6.07, 6.45) is 3.00. The number of nitrogens with zero attached hydrogens (tertiary/aromatic N) is 2. The quantitative estimate of drug-likeness (QED) is 0.900. The van der Waals surface area contributed by atoms with Crippen LogP contribution in [-0.2, 0) is 0 Å². The normalized spacial score (nSPS) is 10.2. The van der Waals surface area contributed by atoms with Gasteiger partial charge in [-0.1, -0.05) is 15.9 Å². The smallest absolute Gasteiger partial charge is 0.275 e. The fraction of sp³-hybridized carbons (Fsp3) is 0.214. The minimum atomic E-state index is -0.280. The fourth-order valence-corrected chi connectivity index (χ4v) is 2.33. The molecule has 0 aliphatic carbocycles. The molecule has 0 unspecified atom stereocenters. The van der Waals surface area contributed by atoms with E-state index in [0.29, 0.717) is 5.82 Å². The lowest BCUT2D eigenvalue weighted by Gasteiger charge is -2.07. The molecule has 2 N–H and O–H groups in total. The molecule has 104 valence electrons. The zero-order valence-electron chi connectivity index (χ0n) is 11.3. The van der Waals surface area contributed by atoms with Gasteiger partial charge < -0.3 is 10.6 Å². The van der Waals surface area contributed by atoms with Crippen molar-refractivity contribution in [1.82, 2.24) is 9.97 Å². The van der Waals surface area contributed by atoms with Crippen molar-refractivity contribution in [3.05, 3.63) is 46.3 Å². The third-order valence-electron chi connectivity index (χ3n) is 2.54. The van der Waals surface area contributed by atoms with Gasteiger partial charge in [0.25, 0.3) is 5.91 Å². The lowest BCUT2D eigenvalue weighted by atomic mass is 10.2. The van der Waals surface area contributed by atoms with Crippen LogP contribution in [0.5, 0.6) is 0 Å². The topological polar surface area (TPSA) is 66.9 Å². The number of aryl methyl sites for hydroxylation is 1. The Kier molecular flexibility index (Phi) is 4.68. The zero-order chi connectivity index (χ0) is 14.5. The Bertz CT molecular complexity index is 593. The Balaban J connectivity index is 2.11. The molecule has 0 saturated carbocycles. The Labute approximate surface area is 126 Å². The molecule has 20 heavy (non-hydrogen) atoms. The highest BCUT2D eigenvalue weighted by atomic mass is 79.9. The van der Waals surface area contributed by atoms with Crippen LogP contribution in [-0.4, -0.2) is 22.4 Å². The Hall–Kier alpha value is -1.95. The van der Waals surface area contributed by atoms with Crippen molar-refractivity contribution in [1.29, 1.82) is 0 Å². The number of nitrogens with one attached hydrogen (secondary N) is 2. The number of carbonyl (C=O) groups excluding carboxylic acids is 1. The second-order valence-corrected chi connectivity index (χ2v) is 5.20. The summed E-state index contributed by atoms with van der Waals surface area (Å²) in [6, 6.07) is 5.70. The number of anilines is 2. The maximum absolute atomic E-state index is 12.1. The van der Waals surface area contributed by atoms with Crippen LogP contribution in [0, 0.1) is 6.92 Å². The predicted octanol–water partition coefficient (Wildman–Crippen LogP) is 3.23. The van der Waals surface area contributed by atoms with E-state index in [9.17, 15) is 4.79 Å². The fourth-order valence-electron chi connectivity index (χ4n) is 1.72. The summed E-state index contributed by atoms with van der Waals surface area (Å²) >= 11 is 3.40. The molecule has 0 aliphatic heterocycles. The highest BCUT2D eigenvalue weighted by Crippen LogP contribution is 2.19. The maximum atomic E-state index is 12.1. The standard InChI is InChI=1S/C14H15BrN4O/c1-3-16-13-8-17-12(7-18-13)14(20)19-11-5-9(2)4-10(15)6-11/h4-8H,3H2,1-2H3,(H,16,18)(H,19,20). The third-order valence-corrected chi connectivity index (χ3v) is 3.00. The SMILES string of the molecule is CCNc1cnc(C(=O)Nc2cc(C)cc(Br)c2)cn1. The molecule has 2 aromatic rings. The molecule has 0 aliphatic rings. The first-order valence-electron chi connectivity index (χ1n) is 6.23. The van der Waals surface area contributed by atoms with Crippen LogP contribution < -0.4 is 10.6 Å². The number of rotatable bonds is 4. The van der Waals surface area contributed by atoms with Crippen LogP contribution in [0.25, 0.3) is 0 Å². The van der Waals surface area contributed by atoms with E-state index in [1.807, 2.05) is 32.0 Å². The van der Waals surface area contributed by atoms with Gasteiger partial charge in [0, 0.05) is 16.7 Å². The van der Waals surface area contributed by atoms with Crippen molar-refractivity contribution in [2.75, 3.05) is 17.2 Å². The monoisotopic (exact) mass is 334 g/mol. The van der Waals surface area contributed by atoms with Crippen LogP contribution in [0.2, 0.25) is 0 Å². The third kappa shape index (κ3) is 3.77. The van der Waals surface area contributed by atoms with Gasteiger partial charge in [-0.2, -0.15) is 0 Å². The summed E-state index contributed by atoms with van der Waals surface area (Å²) in [6.45, 7) is 4.70. The number of halogens is 1. The summed E-state index contributed by atoms with van der Waals surface area (Å²) in [4.78, 5) is 20.3. The van der Waals surface area contributed by atoms with Crippen molar-refractivity contribution in [3.63, 3.8) is 0 Å². The van der Waals surface area contributed by atoms with Gasteiger partial charge in [0.15, 0.2) is 0 Å². The molecule has 1 amide bonds. The van der Waals surface area contributed by atoms with Gasteiger partial charge in [0.2, 0.25) is 0 Å². The molecule has 1 aromatic carbocycles. The minimum Gasteiger partial charge on any atom is -0.369 e. The average Bonchev–Trinajstić information content (AvgIpc) is 2.38. The molecule has 1 heterocycles. The molecule has 0 atom stereocenters. The number of aromatic nitrogens is 2. The molecular formula is C14H15BrN4O. The van der Waals surface area contributed by atoms with Gasteiger partial charge >= 0.3 is 0 Å². The molecule has 0 bridgehead atoms. The van der Waals surface area contributed by atoms with E-state index in [2.05, 4.69) is 36.5 Å². The molecule has 1 aromatic heterocycles. The summed E-state index contributed by atoms with van der Waals surface area (Å²) in [5.41, 5.74) is 2.06. The van der Waals surface area contributed by atoms with Gasteiger partial charge in [-0.05, 0) is 37.6 Å². The Morgan fingerprint density at radius 1 is 1.25 bits per heavy atom. The van der Waals surface area contributed by atoms with Crippen LogP contribution in [0.3, 0.4) is 0 Å². The van der Waals surface area contributed by atoms with E-state index in [1.54, 1.807) is 6.20 Å². The van der Waals surface area contributed by atoms with Crippen molar-refractivity contribution < 1.29 is 4.79 Å². The first-order valence-corrected chi connectivity index (χ1v) is 7.02.